The maximum absolute atomic E-state index is 10.1. The van der Waals surface area contributed by atoms with Gasteiger partial charge in [0.15, 0.2) is 0 Å². The average molecular weight is 244 g/mol. The summed E-state index contributed by atoms with van der Waals surface area (Å²) in [6.45, 7) is 8.01. The Morgan fingerprint density at radius 2 is 1.69 bits per heavy atom. The van der Waals surface area contributed by atoms with E-state index in [2.05, 4.69) is 0 Å². The molecule has 1 aromatic carbocycles. The number of aliphatic hydroxyl groups excluding tert-OH is 1. The van der Waals surface area contributed by atoms with Gasteiger partial charge in [-0.3, -0.25) is 0 Å². The van der Waals surface area contributed by atoms with E-state index in [-0.39, 0.29) is 23.9 Å². The summed E-state index contributed by atoms with van der Waals surface area (Å²) in [5.41, 5.74) is 8.04. The Morgan fingerprint density at radius 1 is 1.19 bits per heavy atom. The lowest BCUT2D eigenvalue weighted by Gasteiger charge is -2.31. The zero-order valence-corrected chi connectivity index (χ0v) is 11.2. The second-order valence-electron chi connectivity index (χ2n) is 5.19. The van der Waals surface area contributed by atoms with Gasteiger partial charge in [0, 0.05) is 0 Å². The quantitative estimate of drug-likeness (QED) is 0.839. The van der Waals surface area contributed by atoms with Crippen LogP contribution in [0.3, 0.4) is 0 Å². The van der Waals surface area contributed by atoms with Gasteiger partial charge < -0.3 is 10.8 Å². The van der Waals surface area contributed by atoms with E-state index in [1.807, 2.05) is 52.0 Å². The van der Waals surface area contributed by atoms with Crippen molar-refractivity contribution in [1.29, 1.82) is 0 Å². The first kappa shape index (κ1) is 15.4. The number of hydrogen-bond donors (Lipinski definition) is 2. The SMILES string of the molecule is Cc1ccccc1[C@@H](N)[C@@H](O)C(C)(C)C.Cl. The van der Waals surface area contributed by atoms with E-state index in [0.717, 1.165) is 11.1 Å². The van der Waals surface area contributed by atoms with Crippen molar-refractivity contribution in [1.82, 2.24) is 0 Å². The standard InChI is InChI=1S/C13H21NO.ClH/c1-9-7-5-6-8-10(9)11(14)12(15)13(2,3)4;/h5-8,11-12,15H,14H2,1-4H3;1H/t11-,12-;/m1./s1. The van der Waals surface area contributed by atoms with E-state index in [0.29, 0.717) is 0 Å². The highest BCUT2D eigenvalue weighted by atomic mass is 35.5. The van der Waals surface area contributed by atoms with Crippen LogP contribution in [-0.2, 0) is 0 Å². The number of hydrogen-bond acceptors (Lipinski definition) is 2. The van der Waals surface area contributed by atoms with Gasteiger partial charge in [0.1, 0.15) is 0 Å². The molecule has 1 rings (SSSR count). The molecule has 2 nitrogen and oxygen atoms in total. The van der Waals surface area contributed by atoms with Gasteiger partial charge in [-0.2, -0.15) is 0 Å². The van der Waals surface area contributed by atoms with Crippen LogP contribution in [0.1, 0.15) is 37.9 Å². The topological polar surface area (TPSA) is 46.2 Å². The molecule has 16 heavy (non-hydrogen) atoms. The first-order valence-corrected chi connectivity index (χ1v) is 5.33. The van der Waals surface area contributed by atoms with Crippen molar-refractivity contribution in [3.8, 4) is 0 Å². The second-order valence-corrected chi connectivity index (χ2v) is 5.19. The smallest absolute Gasteiger partial charge is 0.0781 e. The molecule has 3 heteroatoms. The number of halogens is 1. The summed E-state index contributed by atoms with van der Waals surface area (Å²) in [4.78, 5) is 0. The van der Waals surface area contributed by atoms with Crippen molar-refractivity contribution < 1.29 is 5.11 Å². The number of benzene rings is 1. The molecule has 1 aromatic rings. The minimum Gasteiger partial charge on any atom is -0.391 e. The predicted molar refractivity (Wildman–Crippen MR) is 70.8 cm³/mol. The fourth-order valence-corrected chi connectivity index (χ4v) is 1.67. The Balaban J connectivity index is 0.00000225. The molecule has 0 aliphatic heterocycles. The number of nitrogens with two attached hydrogens (primary N) is 1. The Kier molecular flexibility index (Phi) is 5.47. The normalized spacial score (nSPS) is 15.1. The van der Waals surface area contributed by atoms with Crippen LogP contribution >= 0.6 is 12.4 Å². The molecule has 0 bridgehead atoms. The van der Waals surface area contributed by atoms with Gasteiger partial charge in [-0.05, 0) is 23.5 Å². The molecular weight excluding hydrogens is 222 g/mol. The zero-order chi connectivity index (χ0) is 11.6. The summed E-state index contributed by atoms with van der Waals surface area (Å²) in [6, 6.07) is 7.62. The van der Waals surface area contributed by atoms with Gasteiger partial charge in [0.25, 0.3) is 0 Å². The molecule has 0 aromatic heterocycles. The molecule has 2 atom stereocenters. The van der Waals surface area contributed by atoms with E-state index >= 15 is 0 Å². The molecule has 0 fully saturated rings. The van der Waals surface area contributed by atoms with E-state index in [9.17, 15) is 5.11 Å². The first-order valence-electron chi connectivity index (χ1n) is 5.33. The summed E-state index contributed by atoms with van der Waals surface area (Å²) in [7, 11) is 0. The lowest BCUT2D eigenvalue weighted by molar-refractivity contribution is 0.0399. The molecule has 0 radical (unpaired) electrons. The maximum Gasteiger partial charge on any atom is 0.0781 e. The van der Waals surface area contributed by atoms with E-state index in [1.54, 1.807) is 0 Å². The molecule has 0 aliphatic carbocycles. The van der Waals surface area contributed by atoms with E-state index in [1.165, 1.54) is 0 Å². The van der Waals surface area contributed by atoms with Crippen molar-refractivity contribution in [3.05, 3.63) is 35.4 Å². The molecule has 0 amide bonds. The predicted octanol–water partition coefficient (Wildman–Crippen LogP) is 2.82. The fraction of sp³-hybridized carbons (Fsp3) is 0.538. The Hall–Kier alpha value is -0.570. The third kappa shape index (κ3) is 3.48. The molecule has 3 N–H and O–H groups in total. The van der Waals surface area contributed by atoms with Gasteiger partial charge in [-0.1, -0.05) is 45.0 Å². The van der Waals surface area contributed by atoms with Crippen LogP contribution in [0, 0.1) is 12.3 Å². The van der Waals surface area contributed by atoms with Crippen molar-refractivity contribution in [3.63, 3.8) is 0 Å². The van der Waals surface area contributed by atoms with Crippen molar-refractivity contribution in [2.75, 3.05) is 0 Å². The van der Waals surface area contributed by atoms with Crippen molar-refractivity contribution in [2.24, 2.45) is 11.1 Å². The van der Waals surface area contributed by atoms with E-state index < -0.39 is 6.10 Å². The molecule has 0 saturated heterocycles. The summed E-state index contributed by atoms with van der Waals surface area (Å²) in [5, 5.41) is 10.1. The van der Waals surface area contributed by atoms with Gasteiger partial charge in [-0.25, -0.2) is 0 Å². The highest BCUT2D eigenvalue weighted by Gasteiger charge is 2.29. The summed E-state index contributed by atoms with van der Waals surface area (Å²) in [6.07, 6.45) is -0.529. The monoisotopic (exact) mass is 243 g/mol. The van der Waals surface area contributed by atoms with Crippen LogP contribution in [0.2, 0.25) is 0 Å². The van der Waals surface area contributed by atoms with Crippen LogP contribution in [0.4, 0.5) is 0 Å². The van der Waals surface area contributed by atoms with Crippen LogP contribution < -0.4 is 5.73 Å². The Bertz CT molecular complexity index is 333. The van der Waals surface area contributed by atoms with Crippen LogP contribution in [0.5, 0.6) is 0 Å². The van der Waals surface area contributed by atoms with Gasteiger partial charge >= 0.3 is 0 Å². The van der Waals surface area contributed by atoms with Crippen LogP contribution in [0.15, 0.2) is 24.3 Å². The fourth-order valence-electron chi connectivity index (χ4n) is 1.67. The van der Waals surface area contributed by atoms with Gasteiger partial charge in [0.2, 0.25) is 0 Å². The highest BCUT2D eigenvalue weighted by molar-refractivity contribution is 5.85. The van der Waals surface area contributed by atoms with Crippen molar-refractivity contribution >= 4 is 12.4 Å². The Labute approximate surface area is 104 Å². The molecule has 0 heterocycles. The minimum atomic E-state index is -0.529. The lowest BCUT2D eigenvalue weighted by Crippen LogP contribution is -2.37. The second kappa shape index (κ2) is 5.67. The third-order valence-corrected chi connectivity index (χ3v) is 2.78. The molecule has 92 valence electrons. The average Bonchev–Trinajstić information content (AvgIpc) is 2.15. The zero-order valence-electron chi connectivity index (χ0n) is 10.4. The molecule has 0 saturated carbocycles. The Morgan fingerprint density at radius 3 is 2.12 bits per heavy atom. The van der Waals surface area contributed by atoms with Crippen molar-refractivity contribution in [2.45, 2.75) is 39.8 Å². The molecule has 0 aliphatic rings. The summed E-state index contributed by atoms with van der Waals surface area (Å²) in [5.74, 6) is 0. The molecule has 0 spiro atoms. The molecule has 0 unspecified atom stereocenters. The summed E-state index contributed by atoms with van der Waals surface area (Å²) >= 11 is 0. The minimum absolute atomic E-state index is 0. The van der Waals surface area contributed by atoms with Gasteiger partial charge in [0.05, 0.1) is 12.1 Å². The van der Waals surface area contributed by atoms with Gasteiger partial charge in [-0.15, -0.1) is 12.4 Å². The molecular formula is C13H22ClNO. The third-order valence-electron chi connectivity index (χ3n) is 2.78. The van der Waals surface area contributed by atoms with E-state index in [4.69, 9.17) is 5.73 Å². The highest BCUT2D eigenvalue weighted by Crippen LogP contribution is 2.29. The number of rotatable bonds is 2. The number of aryl methyl sites for hydroxylation is 1. The van der Waals surface area contributed by atoms with Crippen LogP contribution in [0.25, 0.3) is 0 Å². The summed E-state index contributed by atoms with van der Waals surface area (Å²) < 4.78 is 0. The first-order chi connectivity index (χ1) is 6.84. The number of aliphatic hydroxyl groups is 1. The lowest BCUT2D eigenvalue weighted by atomic mass is 9.82. The van der Waals surface area contributed by atoms with Crippen LogP contribution in [-0.4, -0.2) is 11.2 Å². The largest absolute Gasteiger partial charge is 0.391 e. The maximum atomic E-state index is 10.1.